The molecule has 126 valence electrons. The summed E-state index contributed by atoms with van der Waals surface area (Å²) in [6.07, 6.45) is -1.76. The number of nitrogens with one attached hydrogen (secondary N) is 2. The van der Waals surface area contributed by atoms with E-state index in [1.165, 1.54) is 22.8 Å². The summed E-state index contributed by atoms with van der Waals surface area (Å²) in [6, 6.07) is 1.26. The van der Waals surface area contributed by atoms with Gasteiger partial charge in [-0.3, -0.25) is 9.59 Å². The Morgan fingerprint density at radius 3 is 2.92 bits per heavy atom. The van der Waals surface area contributed by atoms with Crippen LogP contribution in [0.1, 0.15) is 15.9 Å². The van der Waals surface area contributed by atoms with Crippen LogP contribution in [0.5, 0.6) is 0 Å². The second-order valence-electron chi connectivity index (χ2n) is 5.10. The van der Waals surface area contributed by atoms with Crippen LogP contribution in [-0.2, 0) is 6.54 Å². The maximum atomic E-state index is 12.5. The number of hydrogen-bond acceptors (Lipinski definition) is 4. The number of carbonyl (C=O) groups is 1. The third-order valence-electron chi connectivity index (χ3n) is 3.33. The van der Waals surface area contributed by atoms with Crippen molar-refractivity contribution in [1.82, 2.24) is 14.8 Å². The first-order chi connectivity index (χ1) is 11.3. The number of thiophene rings is 1. The van der Waals surface area contributed by atoms with E-state index in [4.69, 9.17) is 0 Å². The molecular weight excluding hydrogens is 345 g/mol. The van der Waals surface area contributed by atoms with Crippen LogP contribution in [0, 0.1) is 6.92 Å². The zero-order valence-electron chi connectivity index (χ0n) is 12.3. The molecule has 0 saturated heterocycles. The highest BCUT2D eigenvalue weighted by Crippen LogP contribution is 2.26. The molecule has 6 nitrogen and oxygen atoms in total. The first-order valence-electron chi connectivity index (χ1n) is 6.75. The van der Waals surface area contributed by atoms with Gasteiger partial charge in [-0.2, -0.15) is 18.3 Å². The van der Waals surface area contributed by atoms with Gasteiger partial charge in [-0.25, -0.2) is 4.68 Å². The van der Waals surface area contributed by atoms with Crippen molar-refractivity contribution in [2.24, 2.45) is 0 Å². The number of aryl methyl sites for hydroxylation is 1. The number of aromatic nitrogens is 3. The SMILES string of the molecule is Cc1c[nH]c(=O)c2c(C(=O)Nc3ccnn3CC(F)(F)F)csc12. The number of rotatable bonds is 3. The van der Waals surface area contributed by atoms with Gasteiger partial charge in [-0.15, -0.1) is 11.3 Å². The molecule has 0 aromatic carbocycles. The van der Waals surface area contributed by atoms with Gasteiger partial charge in [0, 0.05) is 22.3 Å². The van der Waals surface area contributed by atoms with E-state index in [9.17, 15) is 22.8 Å². The van der Waals surface area contributed by atoms with E-state index >= 15 is 0 Å². The summed E-state index contributed by atoms with van der Waals surface area (Å²) in [5.74, 6) is -0.762. The molecule has 0 saturated carbocycles. The van der Waals surface area contributed by atoms with Crippen molar-refractivity contribution in [2.75, 3.05) is 5.32 Å². The summed E-state index contributed by atoms with van der Waals surface area (Å²) >= 11 is 1.23. The van der Waals surface area contributed by atoms with Crippen LogP contribution in [-0.4, -0.2) is 26.8 Å². The third kappa shape index (κ3) is 3.04. The lowest BCUT2D eigenvalue weighted by atomic mass is 10.1. The fourth-order valence-electron chi connectivity index (χ4n) is 2.27. The van der Waals surface area contributed by atoms with Crippen LogP contribution >= 0.6 is 11.3 Å². The highest BCUT2D eigenvalue weighted by atomic mass is 32.1. The molecule has 0 aliphatic carbocycles. The number of aromatic amines is 1. The minimum absolute atomic E-state index is 0.0965. The largest absolute Gasteiger partial charge is 0.408 e. The molecule has 1 amide bonds. The van der Waals surface area contributed by atoms with Gasteiger partial charge >= 0.3 is 6.18 Å². The molecule has 3 aromatic heterocycles. The molecule has 0 spiro atoms. The lowest BCUT2D eigenvalue weighted by molar-refractivity contribution is -0.142. The third-order valence-corrected chi connectivity index (χ3v) is 4.44. The van der Waals surface area contributed by atoms with Crippen LogP contribution in [0.25, 0.3) is 10.1 Å². The maximum absolute atomic E-state index is 12.5. The Balaban J connectivity index is 1.94. The number of H-pyrrole nitrogens is 1. The van der Waals surface area contributed by atoms with E-state index in [1.807, 2.05) is 0 Å². The Bertz CT molecular complexity index is 970. The van der Waals surface area contributed by atoms with E-state index in [0.717, 1.165) is 11.8 Å². The van der Waals surface area contributed by atoms with Gasteiger partial charge in [0.05, 0.1) is 17.1 Å². The van der Waals surface area contributed by atoms with Crippen molar-refractivity contribution in [3.05, 3.63) is 45.3 Å². The van der Waals surface area contributed by atoms with Gasteiger partial charge < -0.3 is 10.3 Å². The second kappa shape index (κ2) is 5.78. The highest BCUT2D eigenvalue weighted by Gasteiger charge is 2.29. The summed E-state index contributed by atoms with van der Waals surface area (Å²) in [7, 11) is 0. The van der Waals surface area contributed by atoms with Crippen molar-refractivity contribution < 1.29 is 18.0 Å². The number of anilines is 1. The van der Waals surface area contributed by atoms with E-state index in [2.05, 4.69) is 15.4 Å². The lowest BCUT2D eigenvalue weighted by Crippen LogP contribution is -2.22. The van der Waals surface area contributed by atoms with Crippen molar-refractivity contribution >= 4 is 33.1 Å². The van der Waals surface area contributed by atoms with Gasteiger partial charge in [0.1, 0.15) is 12.4 Å². The molecule has 0 atom stereocenters. The number of hydrogen-bond donors (Lipinski definition) is 2. The van der Waals surface area contributed by atoms with Gasteiger partial charge in [-0.05, 0) is 12.5 Å². The molecule has 0 fully saturated rings. The van der Waals surface area contributed by atoms with E-state index in [1.54, 1.807) is 13.1 Å². The minimum atomic E-state index is -4.46. The Hall–Kier alpha value is -2.62. The topological polar surface area (TPSA) is 79.8 Å². The molecule has 0 radical (unpaired) electrons. The quantitative estimate of drug-likeness (QED) is 0.757. The fraction of sp³-hybridized carbons (Fsp3) is 0.214. The van der Waals surface area contributed by atoms with Crippen molar-refractivity contribution in [1.29, 1.82) is 0 Å². The van der Waals surface area contributed by atoms with Gasteiger partial charge in [0.2, 0.25) is 0 Å². The first kappa shape index (κ1) is 16.2. The average Bonchev–Trinajstić information content (AvgIpc) is 3.09. The van der Waals surface area contributed by atoms with Crippen LogP contribution in [0.3, 0.4) is 0 Å². The number of alkyl halides is 3. The van der Waals surface area contributed by atoms with Gasteiger partial charge in [0.15, 0.2) is 0 Å². The molecule has 3 heterocycles. The molecular formula is C14H11F3N4O2S. The predicted octanol–water partition coefficient (Wildman–Crippen LogP) is 2.91. The average molecular weight is 356 g/mol. The van der Waals surface area contributed by atoms with E-state index in [0.29, 0.717) is 9.38 Å². The zero-order valence-corrected chi connectivity index (χ0v) is 13.1. The normalized spacial score (nSPS) is 11.8. The Morgan fingerprint density at radius 1 is 1.46 bits per heavy atom. The molecule has 3 rings (SSSR count). The van der Waals surface area contributed by atoms with E-state index < -0.39 is 24.2 Å². The number of nitrogens with zero attached hydrogens (tertiary/aromatic N) is 2. The van der Waals surface area contributed by atoms with Crippen LogP contribution < -0.4 is 10.9 Å². The summed E-state index contributed by atoms with van der Waals surface area (Å²) < 4.78 is 38.8. The molecule has 24 heavy (non-hydrogen) atoms. The molecule has 0 unspecified atom stereocenters. The summed E-state index contributed by atoms with van der Waals surface area (Å²) in [5.41, 5.74) is 0.487. The summed E-state index contributed by atoms with van der Waals surface area (Å²) in [6.45, 7) is 0.467. The zero-order chi connectivity index (χ0) is 17.5. The fourth-order valence-corrected chi connectivity index (χ4v) is 3.30. The molecule has 3 aromatic rings. The van der Waals surface area contributed by atoms with Crippen LogP contribution in [0.2, 0.25) is 0 Å². The first-order valence-corrected chi connectivity index (χ1v) is 7.63. The molecule has 0 aliphatic rings. The van der Waals surface area contributed by atoms with E-state index in [-0.39, 0.29) is 16.8 Å². The maximum Gasteiger partial charge on any atom is 0.408 e. The number of halogens is 3. The molecule has 0 aliphatic heterocycles. The van der Waals surface area contributed by atoms with Gasteiger partial charge in [-0.1, -0.05) is 0 Å². The Labute approximate surface area is 136 Å². The number of fused-ring (bicyclic) bond motifs is 1. The van der Waals surface area contributed by atoms with Crippen molar-refractivity contribution in [2.45, 2.75) is 19.6 Å². The van der Waals surface area contributed by atoms with Crippen LogP contribution in [0.4, 0.5) is 19.0 Å². The second-order valence-corrected chi connectivity index (χ2v) is 5.98. The van der Waals surface area contributed by atoms with Crippen molar-refractivity contribution in [3.8, 4) is 0 Å². The molecule has 10 heteroatoms. The van der Waals surface area contributed by atoms with Crippen LogP contribution in [0.15, 0.2) is 28.6 Å². The number of pyridine rings is 1. The lowest BCUT2D eigenvalue weighted by Gasteiger charge is -2.10. The standard InChI is InChI=1S/C14H11F3N4O2S/c1-7-4-18-13(23)10-8(5-24-11(7)10)12(22)20-9-2-3-19-21(9)6-14(15,16)17/h2-5H,6H2,1H3,(H,18,23)(H,20,22). The monoisotopic (exact) mass is 356 g/mol. The minimum Gasteiger partial charge on any atom is -0.328 e. The number of amides is 1. The number of carbonyl (C=O) groups excluding carboxylic acids is 1. The predicted molar refractivity (Wildman–Crippen MR) is 83.4 cm³/mol. The summed E-state index contributed by atoms with van der Waals surface area (Å²) in [5, 5.41) is 7.64. The smallest absolute Gasteiger partial charge is 0.328 e. The summed E-state index contributed by atoms with van der Waals surface area (Å²) in [4.78, 5) is 26.9. The Morgan fingerprint density at radius 2 is 2.21 bits per heavy atom. The highest BCUT2D eigenvalue weighted by molar-refractivity contribution is 7.17. The van der Waals surface area contributed by atoms with Gasteiger partial charge in [0.25, 0.3) is 11.5 Å². The van der Waals surface area contributed by atoms with Crippen molar-refractivity contribution in [3.63, 3.8) is 0 Å². The molecule has 2 N–H and O–H groups in total. The Kier molecular flexibility index (Phi) is 3.91. The molecule has 0 bridgehead atoms.